The van der Waals surface area contributed by atoms with Gasteiger partial charge in [0.1, 0.15) is 4.21 Å². The maximum atomic E-state index is 12.3. The molecule has 0 saturated heterocycles. The van der Waals surface area contributed by atoms with Gasteiger partial charge < -0.3 is 10.1 Å². The summed E-state index contributed by atoms with van der Waals surface area (Å²) in [6, 6.07) is 3.59. The fraction of sp³-hybridized carbons (Fsp3) is 0.692. The average Bonchev–Trinajstić information content (AvgIpc) is 2.90. The number of methoxy groups -OCH3 is 1. The lowest BCUT2D eigenvalue weighted by atomic mass is 10.3. The molecule has 0 aliphatic rings. The van der Waals surface area contributed by atoms with Crippen LogP contribution >= 0.6 is 11.3 Å². The molecule has 1 aromatic heterocycles. The van der Waals surface area contributed by atoms with Gasteiger partial charge >= 0.3 is 0 Å². The Morgan fingerprint density at radius 1 is 1.35 bits per heavy atom. The number of likely N-dealkylation sites (N-methyl/N-ethyl adjacent to an activating group) is 1. The molecule has 0 radical (unpaired) electrons. The molecule has 0 amide bonds. The Bertz CT molecular complexity index is 486. The van der Waals surface area contributed by atoms with Crippen LogP contribution in [0, 0.1) is 0 Å². The monoisotopic (exact) mass is 320 g/mol. The van der Waals surface area contributed by atoms with Gasteiger partial charge in [-0.15, -0.1) is 11.3 Å². The Hall–Kier alpha value is -0.470. The molecule has 0 aliphatic heterocycles. The number of hydrogen-bond donors (Lipinski definition) is 1. The standard InChI is InChI=1S/C13H24N2O3S2/c1-4-8-14-9-7-12-5-6-13(19-12)20(16,17)15(2)10-11-18-3/h5-6,14H,4,7-11H2,1-3H3. The average molecular weight is 320 g/mol. The smallest absolute Gasteiger partial charge is 0.252 e. The van der Waals surface area contributed by atoms with Gasteiger partial charge in [-0.25, -0.2) is 8.42 Å². The summed E-state index contributed by atoms with van der Waals surface area (Å²) >= 11 is 1.35. The van der Waals surface area contributed by atoms with E-state index < -0.39 is 10.0 Å². The number of rotatable bonds is 10. The van der Waals surface area contributed by atoms with Gasteiger partial charge in [0, 0.05) is 25.6 Å². The highest BCUT2D eigenvalue weighted by atomic mass is 32.2. The molecule has 0 aliphatic carbocycles. The first-order valence-electron chi connectivity index (χ1n) is 6.77. The number of hydrogen-bond acceptors (Lipinski definition) is 5. The summed E-state index contributed by atoms with van der Waals surface area (Å²) in [7, 11) is -0.232. The molecule has 7 heteroatoms. The SMILES string of the molecule is CCCNCCc1ccc(S(=O)(=O)N(C)CCOC)s1. The van der Waals surface area contributed by atoms with Crippen molar-refractivity contribution in [1.29, 1.82) is 0 Å². The first kappa shape index (κ1) is 17.6. The van der Waals surface area contributed by atoms with Crippen LogP contribution in [0.1, 0.15) is 18.2 Å². The normalized spacial score (nSPS) is 12.2. The third-order valence-corrected chi connectivity index (χ3v) is 6.36. The third kappa shape index (κ3) is 5.14. The van der Waals surface area contributed by atoms with E-state index in [1.807, 2.05) is 6.07 Å². The van der Waals surface area contributed by atoms with Crippen LogP contribution in [0.4, 0.5) is 0 Å². The highest BCUT2D eigenvalue weighted by molar-refractivity contribution is 7.91. The zero-order valence-electron chi connectivity index (χ0n) is 12.4. The molecule has 116 valence electrons. The molecule has 0 unspecified atom stereocenters. The Morgan fingerprint density at radius 3 is 2.75 bits per heavy atom. The van der Waals surface area contributed by atoms with Crippen LogP contribution in [0.25, 0.3) is 0 Å². The van der Waals surface area contributed by atoms with Crippen LogP contribution in [0.5, 0.6) is 0 Å². The van der Waals surface area contributed by atoms with E-state index in [0.717, 1.165) is 30.8 Å². The van der Waals surface area contributed by atoms with Crippen molar-refractivity contribution in [1.82, 2.24) is 9.62 Å². The van der Waals surface area contributed by atoms with Crippen molar-refractivity contribution in [2.75, 3.05) is 40.4 Å². The molecular formula is C13H24N2O3S2. The molecule has 1 rings (SSSR count). The Morgan fingerprint density at radius 2 is 2.10 bits per heavy atom. The van der Waals surface area contributed by atoms with Crippen LogP contribution in [-0.2, 0) is 21.2 Å². The highest BCUT2D eigenvalue weighted by Crippen LogP contribution is 2.24. The lowest BCUT2D eigenvalue weighted by Gasteiger charge is -2.15. The van der Waals surface area contributed by atoms with Gasteiger partial charge in [0.2, 0.25) is 0 Å². The maximum Gasteiger partial charge on any atom is 0.252 e. The minimum atomic E-state index is -3.37. The Balaban J connectivity index is 2.60. The summed E-state index contributed by atoms with van der Waals surface area (Å²) < 4.78 is 31.2. The van der Waals surface area contributed by atoms with Gasteiger partial charge in [0.05, 0.1) is 6.61 Å². The van der Waals surface area contributed by atoms with E-state index in [9.17, 15) is 8.42 Å². The van der Waals surface area contributed by atoms with Crippen LogP contribution in [0.15, 0.2) is 16.3 Å². The molecule has 0 saturated carbocycles. The van der Waals surface area contributed by atoms with Gasteiger partial charge in [-0.1, -0.05) is 6.92 Å². The molecule has 20 heavy (non-hydrogen) atoms. The van der Waals surface area contributed by atoms with E-state index in [1.165, 1.54) is 15.6 Å². The number of sulfonamides is 1. The zero-order valence-corrected chi connectivity index (χ0v) is 14.0. The second kappa shape index (κ2) is 8.74. The van der Waals surface area contributed by atoms with Gasteiger partial charge in [0.15, 0.2) is 0 Å². The second-order valence-corrected chi connectivity index (χ2v) is 7.98. The fourth-order valence-corrected chi connectivity index (χ4v) is 4.36. The van der Waals surface area contributed by atoms with Crippen molar-refractivity contribution in [2.45, 2.75) is 24.0 Å². The van der Waals surface area contributed by atoms with E-state index in [0.29, 0.717) is 17.4 Å². The lowest BCUT2D eigenvalue weighted by Crippen LogP contribution is -2.29. The first-order chi connectivity index (χ1) is 9.52. The predicted molar refractivity (Wildman–Crippen MR) is 82.9 cm³/mol. The van der Waals surface area contributed by atoms with Crippen molar-refractivity contribution < 1.29 is 13.2 Å². The molecule has 5 nitrogen and oxygen atoms in total. The quantitative estimate of drug-likeness (QED) is 0.665. The summed E-state index contributed by atoms with van der Waals surface area (Å²) in [6.45, 7) is 4.77. The fourth-order valence-electron chi connectivity index (χ4n) is 1.64. The third-order valence-electron chi connectivity index (χ3n) is 2.89. The number of ether oxygens (including phenoxy) is 1. The number of nitrogens with zero attached hydrogens (tertiary/aromatic N) is 1. The summed E-state index contributed by atoms with van der Waals surface area (Å²) in [4.78, 5) is 1.09. The van der Waals surface area contributed by atoms with E-state index in [4.69, 9.17) is 4.74 Å². The summed E-state index contributed by atoms with van der Waals surface area (Å²) in [5, 5.41) is 3.31. The van der Waals surface area contributed by atoms with E-state index in [1.54, 1.807) is 20.2 Å². The zero-order chi connectivity index (χ0) is 15.0. The molecule has 0 atom stereocenters. The first-order valence-corrected chi connectivity index (χ1v) is 9.02. The van der Waals surface area contributed by atoms with Gasteiger partial charge in [-0.3, -0.25) is 0 Å². The van der Waals surface area contributed by atoms with Crippen molar-refractivity contribution in [3.8, 4) is 0 Å². The number of nitrogens with one attached hydrogen (secondary N) is 1. The van der Waals surface area contributed by atoms with Crippen LogP contribution < -0.4 is 5.32 Å². The van der Waals surface area contributed by atoms with Crippen LogP contribution in [-0.4, -0.2) is 53.1 Å². The Labute approximate surface area is 126 Å². The van der Waals surface area contributed by atoms with Gasteiger partial charge in [0.25, 0.3) is 10.0 Å². The largest absolute Gasteiger partial charge is 0.383 e. The van der Waals surface area contributed by atoms with Gasteiger partial charge in [-0.2, -0.15) is 4.31 Å². The van der Waals surface area contributed by atoms with Crippen molar-refractivity contribution in [2.24, 2.45) is 0 Å². The maximum absolute atomic E-state index is 12.3. The molecule has 0 aromatic carbocycles. The molecule has 1 N–H and O–H groups in total. The van der Waals surface area contributed by atoms with Crippen molar-refractivity contribution >= 4 is 21.4 Å². The van der Waals surface area contributed by atoms with E-state index in [-0.39, 0.29) is 0 Å². The second-order valence-electron chi connectivity index (χ2n) is 4.54. The summed E-state index contributed by atoms with van der Waals surface area (Å²) in [5.41, 5.74) is 0. The molecule has 1 heterocycles. The summed E-state index contributed by atoms with van der Waals surface area (Å²) in [5.74, 6) is 0. The lowest BCUT2D eigenvalue weighted by molar-refractivity contribution is 0.185. The molecule has 0 bridgehead atoms. The van der Waals surface area contributed by atoms with Crippen LogP contribution in [0.2, 0.25) is 0 Å². The van der Waals surface area contributed by atoms with E-state index in [2.05, 4.69) is 12.2 Å². The molecule has 0 spiro atoms. The minimum Gasteiger partial charge on any atom is -0.383 e. The minimum absolute atomic E-state index is 0.365. The van der Waals surface area contributed by atoms with Crippen molar-refractivity contribution in [3.63, 3.8) is 0 Å². The summed E-state index contributed by atoms with van der Waals surface area (Å²) in [6.07, 6.45) is 1.97. The molecular weight excluding hydrogens is 296 g/mol. The molecule has 1 aromatic rings. The van der Waals surface area contributed by atoms with Gasteiger partial charge in [-0.05, 0) is 38.1 Å². The van der Waals surface area contributed by atoms with Crippen molar-refractivity contribution in [3.05, 3.63) is 17.0 Å². The number of thiophene rings is 1. The van der Waals surface area contributed by atoms with E-state index >= 15 is 0 Å². The van der Waals surface area contributed by atoms with Crippen LogP contribution in [0.3, 0.4) is 0 Å². The topological polar surface area (TPSA) is 58.6 Å². The Kier molecular flexibility index (Phi) is 7.68. The highest BCUT2D eigenvalue weighted by Gasteiger charge is 2.22. The molecule has 0 fully saturated rings. The predicted octanol–water partition coefficient (Wildman–Crippen LogP) is 1.56.